The van der Waals surface area contributed by atoms with Crippen molar-refractivity contribution in [2.45, 2.75) is 4.90 Å². The molecular weight excluding hydrogens is 302 g/mol. The molecule has 0 heterocycles. The number of rotatable bonds is 4. The van der Waals surface area contributed by atoms with Gasteiger partial charge in [-0.05, 0) is 23.7 Å². The normalized spacial score (nSPS) is 11.4. The van der Waals surface area contributed by atoms with Crippen LogP contribution in [0.25, 0.3) is 0 Å². The average Bonchev–Trinajstić information content (AvgIpc) is 2.31. The highest BCUT2D eigenvalue weighted by atomic mass is 35.5. The second kappa shape index (κ2) is 5.61. The van der Waals surface area contributed by atoms with E-state index in [4.69, 9.17) is 16.9 Å². The molecule has 0 aliphatic rings. The Hall–Kier alpha value is -1.56. The minimum absolute atomic E-state index is 0.431. The molecule has 0 N–H and O–H groups in total. The van der Waals surface area contributed by atoms with E-state index in [-0.39, 0.29) is 0 Å². The molecule has 5 nitrogen and oxygen atoms in total. The number of carbonyl (C=O) groups is 1. The Morgan fingerprint density at radius 2 is 2.05 bits per heavy atom. The quantitative estimate of drug-likeness (QED) is 0.784. The Balaban J connectivity index is 3.34. The van der Waals surface area contributed by atoms with Gasteiger partial charge in [0.15, 0.2) is 11.6 Å². The summed E-state index contributed by atoms with van der Waals surface area (Å²) < 4.78 is 50.7. The van der Waals surface area contributed by atoms with Crippen molar-refractivity contribution >= 4 is 26.9 Å². The summed E-state index contributed by atoms with van der Waals surface area (Å²) in [5.41, 5.74) is -0.746. The number of hydrogen-bond acceptors (Lipinski definition) is 4. The van der Waals surface area contributed by atoms with E-state index < -0.39 is 43.9 Å². The molecule has 0 spiro atoms. The number of hydrogen-bond donors (Lipinski definition) is 0. The zero-order chi connectivity index (χ0) is 14.8. The smallest absolute Gasteiger partial charge is 0.243 e. The number of nitrogens with zero attached hydrogens (tertiary/aromatic N) is 2. The van der Waals surface area contributed by atoms with Crippen LogP contribution in [-0.4, -0.2) is 31.6 Å². The Morgan fingerprint density at radius 3 is 2.53 bits per heavy atom. The zero-order valence-corrected chi connectivity index (χ0v) is 11.1. The van der Waals surface area contributed by atoms with Gasteiger partial charge in [-0.2, -0.15) is 9.57 Å². The molecule has 19 heavy (non-hydrogen) atoms. The summed E-state index contributed by atoms with van der Waals surface area (Å²) in [6.07, 6.45) is 0. The van der Waals surface area contributed by atoms with Crippen LogP contribution < -0.4 is 0 Å². The number of likely N-dealkylation sites (N-methyl/N-ethyl adjacent to an activating group) is 1. The van der Waals surface area contributed by atoms with Crippen molar-refractivity contribution in [1.29, 1.82) is 5.26 Å². The Bertz CT molecular complexity index is 670. The van der Waals surface area contributed by atoms with E-state index in [2.05, 4.69) is 0 Å². The molecule has 0 radical (unpaired) electrons. The molecule has 0 amide bonds. The maximum Gasteiger partial charge on any atom is 0.243 e. The number of nitriles is 1. The summed E-state index contributed by atoms with van der Waals surface area (Å²) in [4.78, 5) is 10.0. The molecule has 0 atom stereocenters. The highest BCUT2D eigenvalue weighted by Crippen LogP contribution is 2.20. The van der Waals surface area contributed by atoms with Crippen molar-refractivity contribution in [3.05, 3.63) is 29.3 Å². The molecule has 0 unspecified atom stereocenters. The zero-order valence-electron chi connectivity index (χ0n) is 9.52. The van der Waals surface area contributed by atoms with Crippen LogP contribution in [-0.2, 0) is 14.8 Å². The number of sulfonamides is 1. The molecule has 102 valence electrons. The van der Waals surface area contributed by atoms with Gasteiger partial charge in [0.1, 0.15) is 6.07 Å². The van der Waals surface area contributed by atoms with Crippen molar-refractivity contribution in [3.8, 4) is 6.07 Å². The van der Waals surface area contributed by atoms with Gasteiger partial charge in [-0.3, -0.25) is 4.79 Å². The van der Waals surface area contributed by atoms with Crippen LogP contribution in [0.4, 0.5) is 8.78 Å². The van der Waals surface area contributed by atoms with Crippen LogP contribution >= 0.6 is 11.6 Å². The molecule has 1 rings (SSSR count). The molecule has 0 fully saturated rings. The molecule has 0 aliphatic heterocycles. The predicted octanol–water partition coefficient (Wildman–Crippen LogP) is 1.22. The fourth-order valence-corrected chi connectivity index (χ4v) is 2.65. The first-order valence-corrected chi connectivity index (χ1v) is 6.55. The molecular formula is C10H7ClF2N2O3S. The van der Waals surface area contributed by atoms with Gasteiger partial charge in [-0.1, -0.05) is 0 Å². The van der Waals surface area contributed by atoms with Crippen molar-refractivity contribution in [3.63, 3.8) is 0 Å². The van der Waals surface area contributed by atoms with E-state index in [1.807, 2.05) is 0 Å². The van der Waals surface area contributed by atoms with Crippen molar-refractivity contribution in [1.82, 2.24) is 4.31 Å². The average molecular weight is 309 g/mol. The largest absolute Gasteiger partial charge is 0.280 e. The minimum Gasteiger partial charge on any atom is -0.280 e. The van der Waals surface area contributed by atoms with Crippen LogP contribution in [0.1, 0.15) is 5.56 Å². The molecule has 1 aromatic rings. The third kappa shape index (κ3) is 3.26. The van der Waals surface area contributed by atoms with E-state index in [9.17, 15) is 22.0 Å². The van der Waals surface area contributed by atoms with E-state index in [0.29, 0.717) is 16.4 Å². The van der Waals surface area contributed by atoms with E-state index in [1.165, 1.54) is 6.07 Å². The summed E-state index contributed by atoms with van der Waals surface area (Å²) in [5, 5.41) is 7.64. The summed E-state index contributed by atoms with van der Waals surface area (Å²) in [5.74, 6) is -2.90. The molecule has 1 aromatic carbocycles. The first-order chi connectivity index (χ1) is 8.70. The lowest BCUT2D eigenvalue weighted by Gasteiger charge is -2.15. The summed E-state index contributed by atoms with van der Waals surface area (Å²) in [6.45, 7) is -0.634. The van der Waals surface area contributed by atoms with Gasteiger partial charge in [0, 0.05) is 7.05 Å². The third-order valence-electron chi connectivity index (χ3n) is 2.18. The van der Waals surface area contributed by atoms with Crippen LogP contribution in [0.5, 0.6) is 0 Å². The molecule has 0 aromatic heterocycles. The van der Waals surface area contributed by atoms with Crippen molar-refractivity contribution in [2.75, 3.05) is 13.6 Å². The fraction of sp³-hybridized carbons (Fsp3) is 0.200. The molecule has 0 bridgehead atoms. The number of benzene rings is 1. The van der Waals surface area contributed by atoms with Gasteiger partial charge < -0.3 is 0 Å². The van der Waals surface area contributed by atoms with Gasteiger partial charge >= 0.3 is 0 Å². The third-order valence-corrected chi connectivity index (χ3v) is 4.08. The molecule has 0 saturated heterocycles. The van der Waals surface area contributed by atoms with Crippen LogP contribution in [0, 0.1) is 23.0 Å². The second-order valence-corrected chi connectivity index (χ2v) is 5.96. The van der Waals surface area contributed by atoms with E-state index >= 15 is 0 Å². The van der Waals surface area contributed by atoms with E-state index in [0.717, 1.165) is 7.05 Å². The first kappa shape index (κ1) is 15.5. The Kier molecular flexibility index (Phi) is 4.57. The monoisotopic (exact) mass is 308 g/mol. The fourth-order valence-electron chi connectivity index (χ4n) is 1.23. The van der Waals surface area contributed by atoms with Crippen LogP contribution in [0.15, 0.2) is 17.0 Å². The van der Waals surface area contributed by atoms with Gasteiger partial charge in [-0.15, -0.1) is 0 Å². The summed E-state index contributed by atoms with van der Waals surface area (Å²) in [6, 6.07) is 2.45. The second-order valence-electron chi connectivity index (χ2n) is 3.49. The Morgan fingerprint density at radius 1 is 1.47 bits per heavy atom. The van der Waals surface area contributed by atoms with E-state index in [1.54, 1.807) is 0 Å². The highest BCUT2D eigenvalue weighted by molar-refractivity contribution is 7.89. The van der Waals surface area contributed by atoms with Crippen LogP contribution in [0.2, 0.25) is 0 Å². The van der Waals surface area contributed by atoms with Crippen LogP contribution in [0.3, 0.4) is 0 Å². The molecule has 0 aliphatic carbocycles. The maximum absolute atomic E-state index is 13.2. The SMILES string of the molecule is CN(CC(=O)Cl)S(=O)(=O)c1cc(F)c(F)c(C#N)c1. The van der Waals surface area contributed by atoms with Crippen molar-refractivity contribution < 1.29 is 22.0 Å². The molecule has 0 saturated carbocycles. The molecule has 9 heteroatoms. The van der Waals surface area contributed by atoms with Gasteiger partial charge in [0.2, 0.25) is 15.3 Å². The first-order valence-electron chi connectivity index (χ1n) is 4.74. The number of carbonyl (C=O) groups excluding carboxylic acids is 1. The summed E-state index contributed by atoms with van der Waals surface area (Å²) >= 11 is 5.05. The lowest BCUT2D eigenvalue weighted by molar-refractivity contribution is -0.111. The maximum atomic E-state index is 13.2. The lowest BCUT2D eigenvalue weighted by atomic mass is 10.2. The standard InChI is InChI=1S/C10H7ClF2N2O3S/c1-15(5-9(11)16)19(17,18)7-2-6(4-14)10(13)8(12)3-7/h2-3H,5H2,1H3. The van der Waals surface area contributed by atoms with Gasteiger partial charge in [0.25, 0.3) is 0 Å². The number of halogens is 3. The minimum atomic E-state index is -4.24. The topological polar surface area (TPSA) is 78.2 Å². The van der Waals surface area contributed by atoms with Gasteiger partial charge in [-0.25, -0.2) is 17.2 Å². The Labute approximate surface area is 113 Å². The lowest BCUT2D eigenvalue weighted by Crippen LogP contribution is -2.30. The van der Waals surface area contributed by atoms with Crippen molar-refractivity contribution in [2.24, 2.45) is 0 Å². The predicted molar refractivity (Wildman–Crippen MR) is 61.7 cm³/mol. The summed E-state index contributed by atoms with van der Waals surface area (Å²) in [7, 11) is -3.19. The highest BCUT2D eigenvalue weighted by Gasteiger charge is 2.25. The van der Waals surface area contributed by atoms with Gasteiger partial charge in [0.05, 0.1) is 17.0 Å².